The van der Waals surface area contributed by atoms with Gasteiger partial charge in [0.05, 0.1) is 5.60 Å². The van der Waals surface area contributed by atoms with Gasteiger partial charge in [-0.2, -0.15) is 0 Å². The quantitative estimate of drug-likeness (QED) is 0.767. The van der Waals surface area contributed by atoms with Crippen LogP contribution in [-0.2, 0) is 16.6 Å². The molecule has 1 aliphatic carbocycles. The van der Waals surface area contributed by atoms with Crippen LogP contribution in [0, 0.1) is 0 Å². The molecule has 0 saturated carbocycles. The highest BCUT2D eigenvalue weighted by atomic mass is 16.3. The Hall–Kier alpha value is -1.19. The summed E-state index contributed by atoms with van der Waals surface area (Å²) in [4.78, 5) is 10.7. The second-order valence-corrected chi connectivity index (χ2v) is 5.09. The Morgan fingerprint density at radius 2 is 2.24 bits per heavy atom. The Kier molecular flexibility index (Phi) is 3.06. The molecule has 17 heavy (non-hydrogen) atoms. The maximum Gasteiger partial charge on any atom is 0.122 e. The molecule has 1 aromatic rings. The van der Waals surface area contributed by atoms with Crippen LogP contribution < -0.4 is 5.73 Å². The summed E-state index contributed by atoms with van der Waals surface area (Å²) >= 11 is 0. The molecule has 0 saturated heterocycles. The molecule has 2 rings (SSSR count). The molecule has 3 heteroatoms. The van der Waals surface area contributed by atoms with Crippen molar-refractivity contribution in [1.29, 1.82) is 0 Å². The van der Waals surface area contributed by atoms with Gasteiger partial charge in [-0.1, -0.05) is 24.3 Å². The predicted molar refractivity (Wildman–Crippen MR) is 66.8 cm³/mol. The fourth-order valence-corrected chi connectivity index (χ4v) is 3.04. The Balaban J connectivity index is 2.51. The average Bonchev–Trinajstić information content (AvgIpc) is 2.69. The summed E-state index contributed by atoms with van der Waals surface area (Å²) in [6.07, 6.45) is 2.63. The predicted octanol–water partition coefficient (Wildman–Crippen LogP) is 1.17. The molecule has 0 heterocycles. The van der Waals surface area contributed by atoms with Gasteiger partial charge in [0.2, 0.25) is 0 Å². The highest BCUT2D eigenvalue weighted by Gasteiger charge is 2.50. The summed E-state index contributed by atoms with van der Waals surface area (Å²) in [5.41, 5.74) is 6.71. The van der Waals surface area contributed by atoms with Crippen LogP contribution in [0.1, 0.15) is 30.9 Å². The number of nitrogens with two attached hydrogens (primary N) is 1. The zero-order valence-corrected chi connectivity index (χ0v) is 10.1. The van der Waals surface area contributed by atoms with E-state index < -0.39 is 11.0 Å². The molecule has 3 nitrogen and oxygen atoms in total. The van der Waals surface area contributed by atoms with Crippen LogP contribution in [0.5, 0.6) is 0 Å². The monoisotopic (exact) mass is 233 g/mol. The number of hydrogen-bond acceptors (Lipinski definition) is 3. The van der Waals surface area contributed by atoms with Gasteiger partial charge in [-0.15, -0.1) is 0 Å². The Morgan fingerprint density at radius 1 is 1.53 bits per heavy atom. The molecule has 1 aliphatic rings. The fourth-order valence-electron chi connectivity index (χ4n) is 3.04. The van der Waals surface area contributed by atoms with Crippen LogP contribution in [0.15, 0.2) is 24.3 Å². The van der Waals surface area contributed by atoms with Crippen molar-refractivity contribution in [2.45, 2.75) is 37.2 Å². The minimum atomic E-state index is -1.07. The number of aliphatic hydroxyl groups is 1. The van der Waals surface area contributed by atoms with Crippen molar-refractivity contribution in [3.05, 3.63) is 35.4 Å². The summed E-state index contributed by atoms with van der Waals surface area (Å²) in [5.74, 6) is 0. The van der Waals surface area contributed by atoms with Crippen molar-refractivity contribution >= 4 is 6.29 Å². The van der Waals surface area contributed by atoms with Crippen molar-refractivity contribution in [3.8, 4) is 0 Å². The smallest absolute Gasteiger partial charge is 0.122 e. The first-order valence-electron chi connectivity index (χ1n) is 6.02. The van der Waals surface area contributed by atoms with E-state index in [0.717, 1.165) is 24.7 Å². The third-order valence-electron chi connectivity index (χ3n) is 4.21. The molecule has 0 spiro atoms. The van der Waals surface area contributed by atoms with Crippen LogP contribution >= 0.6 is 0 Å². The van der Waals surface area contributed by atoms with E-state index in [0.29, 0.717) is 6.54 Å². The van der Waals surface area contributed by atoms with Crippen LogP contribution in [-0.4, -0.2) is 23.5 Å². The highest BCUT2D eigenvalue weighted by Crippen LogP contribution is 2.46. The SMILES string of the molecule is CC(O)(CC=O)C1(CN)CCc2ccccc21. The minimum Gasteiger partial charge on any atom is -0.389 e. The molecular weight excluding hydrogens is 214 g/mol. The lowest BCUT2D eigenvalue weighted by atomic mass is 9.67. The summed E-state index contributed by atoms with van der Waals surface area (Å²) in [5, 5.41) is 10.6. The molecule has 0 fully saturated rings. The largest absolute Gasteiger partial charge is 0.389 e. The first kappa shape index (κ1) is 12.3. The first-order chi connectivity index (χ1) is 8.07. The summed E-state index contributed by atoms with van der Waals surface area (Å²) in [6, 6.07) is 8.06. The van der Waals surface area contributed by atoms with E-state index in [1.165, 1.54) is 5.56 Å². The van der Waals surface area contributed by atoms with Gasteiger partial charge in [0.25, 0.3) is 0 Å². The third kappa shape index (κ3) is 1.70. The third-order valence-corrected chi connectivity index (χ3v) is 4.21. The molecule has 0 bridgehead atoms. The molecule has 2 unspecified atom stereocenters. The van der Waals surface area contributed by atoms with Crippen molar-refractivity contribution in [2.75, 3.05) is 6.54 Å². The summed E-state index contributed by atoms with van der Waals surface area (Å²) < 4.78 is 0. The highest BCUT2D eigenvalue weighted by molar-refractivity contribution is 5.54. The standard InChI is InChI=1S/C14H19NO2/c1-13(17,8-9-16)14(10-15)7-6-11-4-2-3-5-12(11)14/h2-5,9,17H,6-8,10,15H2,1H3. The number of rotatable bonds is 4. The van der Waals surface area contributed by atoms with Gasteiger partial charge >= 0.3 is 0 Å². The van der Waals surface area contributed by atoms with E-state index in [-0.39, 0.29) is 6.42 Å². The molecule has 0 aliphatic heterocycles. The van der Waals surface area contributed by atoms with E-state index in [2.05, 4.69) is 6.07 Å². The second kappa shape index (κ2) is 4.24. The molecule has 0 radical (unpaired) electrons. The number of fused-ring (bicyclic) bond motifs is 1. The van der Waals surface area contributed by atoms with Crippen molar-refractivity contribution < 1.29 is 9.90 Å². The molecule has 0 aromatic heterocycles. The van der Waals surface area contributed by atoms with E-state index in [1.807, 2.05) is 18.2 Å². The fraction of sp³-hybridized carbons (Fsp3) is 0.500. The van der Waals surface area contributed by atoms with Crippen LogP contribution in [0.3, 0.4) is 0 Å². The second-order valence-electron chi connectivity index (χ2n) is 5.09. The maximum atomic E-state index is 10.7. The number of aldehydes is 1. The Bertz CT molecular complexity index is 428. The molecule has 3 N–H and O–H groups in total. The molecule has 0 amide bonds. The lowest BCUT2D eigenvalue weighted by molar-refractivity contribution is -0.115. The van der Waals surface area contributed by atoms with Gasteiger partial charge in [0, 0.05) is 18.4 Å². The van der Waals surface area contributed by atoms with E-state index in [4.69, 9.17) is 5.73 Å². The van der Waals surface area contributed by atoms with E-state index >= 15 is 0 Å². The van der Waals surface area contributed by atoms with E-state index in [9.17, 15) is 9.90 Å². The van der Waals surface area contributed by atoms with Gasteiger partial charge in [-0.05, 0) is 30.9 Å². The van der Waals surface area contributed by atoms with Gasteiger partial charge in [0.1, 0.15) is 6.29 Å². The average molecular weight is 233 g/mol. The summed E-state index contributed by atoms with van der Waals surface area (Å²) in [7, 11) is 0. The van der Waals surface area contributed by atoms with Crippen molar-refractivity contribution in [3.63, 3.8) is 0 Å². The van der Waals surface area contributed by atoms with Crippen molar-refractivity contribution in [2.24, 2.45) is 5.73 Å². The summed E-state index contributed by atoms with van der Waals surface area (Å²) in [6.45, 7) is 2.08. The maximum absolute atomic E-state index is 10.7. The number of aryl methyl sites for hydroxylation is 1. The van der Waals surface area contributed by atoms with Gasteiger partial charge in [-0.3, -0.25) is 0 Å². The van der Waals surface area contributed by atoms with Gasteiger partial charge < -0.3 is 15.6 Å². The molecule has 1 aromatic carbocycles. The molecule has 92 valence electrons. The zero-order chi connectivity index (χ0) is 12.5. The lowest BCUT2D eigenvalue weighted by Gasteiger charge is -2.42. The minimum absolute atomic E-state index is 0.124. The van der Waals surface area contributed by atoms with E-state index in [1.54, 1.807) is 6.92 Å². The Labute approximate surface area is 102 Å². The topological polar surface area (TPSA) is 63.3 Å². The normalized spacial score (nSPS) is 26.3. The first-order valence-corrected chi connectivity index (χ1v) is 6.02. The Morgan fingerprint density at radius 3 is 2.88 bits per heavy atom. The lowest BCUT2D eigenvalue weighted by Crippen LogP contribution is -2.53. The number of hydrogen-bond donors (Lipinski definition) is 2. The van der Waals surface area contributed by atoms with Crippen LogP contribution in [0.25, 0.3) is 0 Å². The number of benzene rings is 1. The van der Waals surface area contributed by atoms with Crippen LogP contribution in [0.4, 0.5) is 0 Å². The van der Waals surface area contributed by atoms with Gasteiger partial charge in [0.15, 0.2) is 0 Å². The zero-order valence-electron chi connectivity index (χ0n) is 10.1. The molecular formula is C14H19NO2. The van der Waals surface area contributed by atoms with Gasteiger partial charge in [-0.25, -0.2) is 0 Å². The number of carbonyl (C=O) groups is 1. The van der Waals surface area contributed by atoms with Crippen molar-refractivity contribution in [1.82, 2.24) is 0 Å². The van der Waals surface area contributed by atoms with Crippen LogP contribution in [0.2, 0.25) is 0 Å². The number of carbonyl (C=O) groups excluding carboxylic acids is 1. The molecule has 2 atom stereocenters.